The lowest BCUT2D eigenvalue weighted by atomic mass is 9.99. The van der Waals surface area contributed by atoms with Crippen LogP contribution in [0.25, 0.3) is 0 Å². The Hall–Kier alpha value is -2.85. The summed E-state index contributed by atoms with van der Waals surface area (Å²) in [5, 5.41) is 10.0. The van der Waals surface area contributed by atoms with Gasteiger partial charge in [0.15, 0.2) is 0 Å². The Kier molecular flexibility index (Phi) is 5.01. The highest BCUT2D eigenvalue weighted by atomic mass is 32.2. The molecule has 1 aliphatic heterocycles. The highest BCUT2D eigenvalue weighted by molar-refractivity contribution is 7.92. The summed E-state index contributed by atoms with van der Waals surface area (Å²) in [5.74, 6) is -0.0996. The number of nitrogens with zero attached hydrogens (tertiary/aromatic N) is 1. The number of fused-ring (bicyclic) bond motifs is 2. The van der Waals surface area contributed by atoms with E-state index in [1.54, 1.807) is 12.1 Å². The number of ether oxygens (including phenoxy) is 1. The van der Waals surface area contributed by atoms with E-state index in [-0.39, 0.29) is 28.9 Å². The zero-order valence-electron chi connectivity index (χ0n) is 17.2. The molecule has 2 atom stereocenters. The Morgan fingerprint density at radius 3 is 2.75 bits per heavy atom. The van der Waals surface area contributed by atoms with Crippen LogP contribution in [0, 0.1) is 5.82 Å². The fourth-order valence-electron chi connectivity index (χ4n) is 4.68. The third-order valence-electron chi connectivity index (χ3n) is 6.05. The van der Waals surface area contributed by atoms with E-state index in [4.69, 9.17) is 4.74 Å². The van der Waals surface area contributed by atoms with Gasteiger partial charge in [0.1, 0.15) is 17.7 Å². The monoisotopic (exact) mass is 476 g/mol. The molecule has 0 spiro atoms. The van der Waals surface area contributed by atoms with E-state index in [1.807, 2.05) is 18.2 Å². The van der Waals surface area contributed by atoms with Gasteiger partial charge in [-0.15, -0.1) is 0 Å². The van der Waals surface area contributed by atoms with Crippen LogP contribution < -0.4 is 13.9 Å². The third kappa shape index (κ3) is 3.57. The van der Waals surface area contributed by atoms with E-state index in [0.717, 1.165) is 45.9 Å². The molecule has 0 bridgehead atoms. The van der Waals surface area contributed by atoms with Crippen LogP contribution in [0.4, 0.5) is 10.1 Å². The van der Waals surface area contributed by atoms with E-state index in [2.05, 4.69) is 4.98 Å². The number of rotatable bonds is 4. The van der Waals surface area contributed by atoms with Crippen LogP contribution in [-0.4, -0.2) is 31.3 Å². The summed E-state index contributed by atoms with van der Waals surface area (Å²) in [6, 6.07) is 10.2. The van der Waals surface area contributed by atoms with Crippen molar-refractivity contribution in [3.63, 3.8) is 0 Å². The summed E-state index contributed by atoms with van der Waals surface area (Å²) in [7, 11) is -3.61. The molecule has 0 amide bonds. The van der Waals surface area contributed by atoms with Crippen molar-refractivity contribution in [3.05, 3.63) is 73.5 Å². The fraction of sp³-hybridized carbons (Fsp3) is 0.318. The Morgan fingerprint density at radius 2 is 2.03 bits per heavy atom. The van der Waals surface area contributed by atoms with Gasteiger partial charge < -0.3 is 9.84 Å². The Morgan fingerprint density at radius 1 is 1.22 bits per heavy atom. The molecule has 0 fully saturated rings. The van der Waals surface area contributed by atoms with Crippen LogP contribution in [0.2, 0.25) is 0 Å². The third-order valence-corrected chi connectivity index (χ3v) is 8.20. The minimum Gasteiger partial charge on any atom is -0.494 e. The maximum atomic E-state index is 14.6. The molecule has 5 rings (SSSR count). The van der Waals surface area contributed by atoms with Crippen LogP contribution in [0.1, 0.15) is 46.4 Å². The number of hydrogen-bond donors (Lipinski definition) is 2. The van der Waals surface area contributed by atoms with Gasteiger partial charge in [-0.25, -0.2) is 12.8 Å². The van der Waals surface area contributed by atoms with Crippen LogP contribution in [-0.2, 0) is 16.4 Å². The van der Waals surface area contributed by atoms with Gasteiger partial charge >= 0.3 is 4.87 Å². The highest BCUT2D eigenvalue weighted by Gasteiger charge is 2.34. The summed E-state index contributed by atoms with van der Waals surface area (Å²) < 4.78 is 46.2. The lowest BCUT2D eigenvalue weighted by Crippen LogP contribution is -2.37. The van der Waals surface area contributed by atoms with Gasteiger partial charge in [-0.05, 0) is 42.2 Å². The molecule has 0 radical (unpaired) electrons. The smallest absolute Gasteiger partial charge is 0.307 e. The van der Waals surface area contributed by atoms with Crippen LogP contribution in [0.3, 0.4) is 0 Å². The molecule has 0 saturated carbocycles. The maximum Gasteiger partial charge on any atom is 0.307 e. The number of halogens is 1. The number of anilines is 1. The predicted molar refractivity (Wildman–Crippen MR) is 120 cm³/mol. The molecule has 2 aromatic carbocycles. The van der Waals surface area contributed by atoms with Crippen LogP contribution in [0.5, 0.6) is 11.6 Å². The normalized spacial score (nSPS) is 20.1. The molecule has 7 nitrogen and oxygen atoms in total. The number of para-hydroxylation sites is 1. The zero-order valence-corrected chi connectivity index (χ0v) is 18.8. The molecule has 3 aromatic rings. The molecule has 2 N–H and O–H groups in total. The van der Waals surface area contributed by atoms with E-state index in [9.17, 15) is 22.7 Å². The quantitative estimate of drug-likeness (QED) is 0.599. The van der Waals surface area contributed by atoms with E-state index in [1.165, 1.54) is 6.07 Å². The van der Waals surface area contributed by atoms with Crippen molar-refractivity contribution in [2.45, 2.75) is 31.3 Å². The number of sulfonamides is 1. The number of aromatic hydroxyl groups is 1. The number of aromatic amines is 1. The van der Waals surface area contributed by atoms with E-state index < -0.39 is 21.9 Å². The first-order chi connectivity index (χ1) is 15.2. The summed E-state index contributed by atoms with van der Waals surface area (Å²) in [4.78, 5) is 14.4. The predicted octanol–water partition coefficient (Wildman–Crippen LogP) is 3.65. The number of aromatic nitrogens is 1. The Labute approximate surface area is 188 Å². The van der Waals surface area contributed by atoms with Gasteiger partial charge in [0, 0.05) is 24.4 Å². The second kappa shape index (κ2) is 7.63. The number of hydrogen-bond acceptors (Lipinski definition) is 6. The molecular formula is C22H21FN2O5S2. The van der Waals surface area contributed by atoms with Gasteiger partial charge in [-0.3, -0.25) is 14.1 Å². The second-order valence-corrected chi connectivity index (χ2v) is 11.0. The van der Waals surface area contributed by atoms with Crippen LogP contribution >= 0.6 is 11.3 Å². The van der Waals surface area contributed by atoms with Crippen molar-refractivity contribution < 1.29 is 22.7 Å². The van der Waals surface area contributed by atoms with Crippen molar-refractivity contribution in [3.8, 4) is 11.6 Å². The first-order valence-corrected chi connectivity index (χ1v) is 12.9. The SMILES string of the molecule is CS(=O)(=O)N1CCC(Oc2ccc3c(c2)CCC3c2sc(=O)[nH]c2O)c2cccc(F)c21. The average Bonchev–Trinajstić information content (AvgIpc) is 3.29. The first-order valence-electron chi connectivity index (χ1n) is 10.2. The first kappa shape index (κ1) is 21.0. The fourth-order valence-corrected chi connectivity index (χ4v) is 6.53. The number of benzene rings is 2. The lowest BCUT2D eigenvalue weighted by molar-refractivity contribution is 0.193. The average molecular weight is 477 g/mol. The van der Waals surface area contributed by atoms with Gasteiger partial charge in [0.05, 0.1) is 16.8 Å². The van der Waals surface area contributed by atoms with Crippen LogP contribution in [0.15, 0.2) is 41.2 Å². The van der Waals surface area contributed by atoms with E-state index >= 15 is 0 Å². The largest absolute Gasteiger partial charge is 0.494 e. The van der Waals surface area contributed by atoms with Crippen molar-refractivity contribution in [1.29, 1.82) is 0 Å². The van der Waals surface area contributed by atoms with E-state index in [0.29, 0.717) is 22.6 Å². The second-order valence-electron chi connectivity index (χ2n) is 8.09. The van der Waals surface area contributed by atoms with Gasteiger partial charge in [0.25, 0.3) is 0 Å². The van der Waals surface area contributed by atoms with Crippen molar-refractivity contribution in [1.82, 2.24) is 4.98 Å². The molecule has 1 aliphatic carbocycles. The standard InChI is InChI=1S/C22H21FN2O5S2/c1-32(28,29)25-10-9-18(16-3-2-4-17(23)19(16)25)30-13-6-8-14-12(11-13)5-7-15(14)20-21(26)24-22(27)31-20/h2-4,6,8,11,15,18,26H,5,7,9-10H2,1H3,(H,24,27). The molecule has 0 saturated heterocycles. The molecule has 2 unspecified atom stereocenters. The van der Waals surface area contributed by atoms with Crippen molar-refractivity contribution in [2.24, 2.45) is 0 Å². The molecular weight excluding hydrogens is 455 g/mol. The molecule has 2 heterocycles. The minimum atomic E-state index is -3.61. The molecule has 2 aliphatic rings. The summed E-state index contributed by atoms with van der Waals surface area (Å²) in [5.41, 5.74) is 2.66. The number of H-pyrrole nitrogens is 1. The molecule has 10 heteroatoms. The summed E-state index contributed by atoms with van der Waals surface area (Å²) in [6.45, 7) is 0.135. The lowest BCUT2D eigenvalue weighted by Gasteiger charge is -2.34. The number of thiazole rings is 1. The Bertz CT molecular complexity index is 1360. The van der Waals surface area contributed by atoms with Crippen molar-refractivity contribution in [2.75, 3.05) is 17.1 Å². The zero-order chi connectivity index (χ0) is 22.6. The van der Waals surface area contributed by atoms with Gasteiger partial charge in [0.2, 0.25) is 15.9 Å². The Balaban J connectivity index is 1.44. The number of nitrogens with one attached hydrogen (secondary N) is 1. The van der Waals surface area contributed by atoms with Crippen molar-refractivity contribution >= 4 is 27.0 Å². The van der Waals surface area contributed by atoms with Gasteiger partial charge in [-0.1, -0.05) is 29.5 Å². The number of aryl methyl sites for hydroxylation is 1. The maximum absolute atomic E-state index is 14.6. The molecule has 32 heavy (non-hydrogen) atoms. The highest BCUT2D eigenvalue weighted by Crippen LogP contribution is 2.44. The minimum absolute atomic E-state index is 0.0455. The summed E-state index contributed by atoms with van der Waals surface area (Å²) in [6.07, 6.45) is 2.55. The molecule has 168 valence electrons. The molecule has 1 aromatic heterocycles. The topological polar surface area (TPSA) is 99.7 Å². The van der Waals surface area contributed by atoms with Gasteiger partial charge in [-0.2, -0.15) is 0 Å². The summed E-state index contributed by atoms with van der Waals surface area (Å²) >= 11 is 1.02.